The third-order valence-electron chi connectivity index (χ3n) is 4.77. The number of ether oxygens (including phenoxy) is 2. The van der Waals surface area contributed by atoms with Crippen LogP contribution in [0.2, 0.25) is 5.02 Å². The molecule has 0 N–H and O–H groups in total. The number of halogens is 2. The molecule has 6 nitrogen and oxygen atoms in total. The van der Waals surface area contributed by atoms with Crippen LogP contribution in [-0.2, 0) is 0 Å². The van der Waals surface area contributed by atoms with Crippen molar-refractivity contribution in [2.45, 2.75) is 0 Å². The highest BCUT2D eigenvalue weighted by Gasteiger charge is 2.21. The van der Waals surface area contributed by atoms with Crippen molar-refractivity contribution in [2.75, 3.05) is 43.1 Å². The van der Waals surface area contributed by atoms with Crippen LogP contribution < -0.4 is 19.3 Å². The zero-order valence-corrected chi connectivity index (χ0v) is 16.6. The van der Waals surface area contributed by atoms with E-state index in [-0.39, 0.29) is 5.02 Å². The Morgan fingerprint density at radius 3 is 2.45 bits per heavy atom. The van der Waals surface area contributed by atoms with Crippen molar-refractivity contribution in [1.29, 1.82) is 0 Å². The summed E-state index contributed by atoms with van der Waals surface area (Å²) in [7, 11) is 1.69. The van der Waals surface area contributed by atoms with Crippen LogP contribution in [0.5, 0.6) is 17.4 Å². The number of nitrogens with zero attached hydrogens (tertiary/aromatic N) is 4. The third kappa shape index (κ3) is 4.35. The predicted molar refractivity (Wildman–Crippen MR) is 111 cm³/mol. The Kier molecular flexibility index (Phi) is 5.67. The van der Waals surface area contributed by atoms with Crippen molar-refractivity contribution in [2.24, 2.45) is 0 Å². The maximum absolute atomic E-state index is 13.2. The number of benzene rings is 2. The largest absolute Gasteiger partial charge is 0.495 e. The van der Waals surface area contributed by atoms with Gasteiger partial charge in [0.05, 0.1) is 17.8 Å². The minimum Gasteiger partial charge on any atom is -0.495 e. The first-order valence-corrected chi connectivity index (χ1v) is 9.60. The van der Waals surface area contributed by atoms with Gasteiger partial charge in [-0.3, -0.25) is 0 Å². The summed E-state index contributed by atoms with van der Waals surface area (Å²) < 4.78 is 24.4. The second-order valence-corrected chi connectivity index (χ2v) is 6.94. The Balaban J connectivity index is 1.44. The molecule has 150 valence electrons. The van der Waals surface area contributed by atoms with Crippen molar-refractivity contribution in [1.82, 2.24) is 9.97 Å². The molecule has 0 unspecified atom stereocenters. The molecular weight excluding hydrogens is 395 g/mol. The Morgan fingerprint density at radius 2 is 1.69 bits per heavy atom. The lowest BCUT2D eigenvalue weighted by Crippen LogP contribution is -2.47. The van der Waals surface area contributed by atoms with Gasteiger partial charge in [-0.1, -0.05) is 23.7 Å². The highest BCUT2D eigenvalue weighted by Crippen LogP contribution is 2.31. The van der Waals surface area contributed by atoms with Crippen LogP contribution in [-0.4, -0.2) is 43.3 Å². The zero-order chi connectivity index (χ0) is 20.2. The van der Waals surface area contributed by atoms with Gasteiger partial charge in [-0.05, 0) is 30.3 Å². The lowest BCUT2D eigenvalue weighted by molar-refractivity contribution is 0.413. The summed E-state index contributed by atoms with van der Waals surface area (Å²) in [5, 5.41) is 0.190. The van der Waals surface area contributed by atoms with E-state index in [2.05, 4.69) is 25.8 Å². The monoisotopic (exact) mass is 414 g/mol. The van der Waals surface area contributed by atoms with Gasteiger partial charge in [0.1, 0.15) is 29.5 Å². The smallest absolute Gasteiger partial charge is 0.224 e. The topological polar surface area (TPSA) is 50.7 Å². The van der Waals surface area contributed by atoms with E-state index in [1.165, 1.54) is 24.5 Å². The number of piperazine rings is 1. The van der Waals surface area contributed by atoms with Crippen molar-refractivity contribution >= 4 is 23.1 Å². The first-order valence-electron chi connectivity index (χ1n) is 9.22. The summed E-state index contributed by atoms with van der Waals surface area (Å²) >= 11 is 6.03. The van der Waals surface area contributed by atoms with E-state index in [0.717, 1.165) is 43.4 Å². The van der Waals surface area contributed by atoms with Crippen LogP contribution in [0.3, 0.4) is 0 Å². The van der Waals surface area contributed by atoms with Gasteiger partial charge >= 0.3 is 0 Å². The molecule has 0 radical (unpaired) electrons. The number of hydrogen-bond donors (Lipinski definition) is 0. The Hall–Kier alpha value is -3.06. The van der Waals surface area contributed by atoms with Gasteiger partial charge in [0.2, 0.25) is 5.88 Å². The molecule has 0 saturated carbocycles. The molecule has 29 heavy (non-hydrogen) atoms. The molecule has 0 atom stereocenters. The van der Waals surface area contributed by atoms with Crippen LogP contribution in [0, 0.1) is 5.82 Å². The summed E-state index contributed by atoms with van der Waals surface area (Å²) in [6.45, 7) is 3.27. The second kappa shape index (κ2) is 8.53. The summed E-state index contributed by atoms with van der Waals surface area (Å²) in [6, 6.07) is 13.8. The third-order valence-corrected chi connectivity index (χ3v) is 5.06. The molecule has 0 amide bonds. The van der Waals surface area contributed by atoms with Crippen LogP contribution in [0.1, 0.15) is 0 Å². The second-order valence-electron chi connectivity index (χ2n) is 6.54. The van der Waals surface area contributed by atoms with Gasteiger partial charge in [-0.2, -0.15) is 0 Å². The molecule has 1 fully saturated rings. The summed E-state index contributed by atoms with van der Waals surface area (Å²) in [5.41, 5.74) is 1.09. The fraction of sp³-hybridized carbons (Fsp3) is 0.238. The van der Waals surface area contributed by atoms with Gasteiger partial charge in [-0.25, -0.2) is 14.4 Å². The quantitative estimate of drug-likeness (QED) is 0.617. The van der Waals surface area contributed by atoms with Crippen LogP contribution in [0.25, 0.3) is 0 Å². The molecule has 0 bridgehead atoms. The molecule has 2 heterocycles. The van der Waals surface area contributed by atoms with Crippen molar-refractivity contribution in [3.05, 3.63) is 65.7 Å². The molecule has 3 aromatic rings. The van der Waals surface area contributed by atoms with E-state index in [1.807, 2.05) is 18.2 Å². The maximum Gasteiger partial charge on any atom is 0.224 e. The molecule has 8 heteroatoms. The number of para-hydroxylation sites is 2. The molecule has 1 aliphatic rings. The SMILES string of the molecule is COc1ccccc1N1CCN(c2cc(Oc3ccc(F)cc3Cl)ncn2)CC1. The normalized spacial score (nSPS) is 14.0. The summed E-state index contributed by atoms with van der Waals surface area (Å²) in [6.07, 6.45) is 1.45. The highest BCUT2D eigenvalue weighted by atomic mass is 35.5. The fourth-order valence-corrected chi connectivity index (χ4v) is 3.50. The van der Waals surface area contributed by atoms with Crippen LogP contribution in [0.15, 0.2) is 54.9 Å². The van der Waals surface area contributed by atoms with E-state index < -0.39 is 5.82 Å². The molecule has 0 spiro atoms. The first kappa shape index (κ1) is 19.3. The highest BCUT2D eigenvalue weighted by molar-refractivity contribution is 6.32. The standard InChI is InChI=1S/C21H20ClFN4O2/c1-28-19-5-3-2-4-17(19)26-8-10-27(11-9-26)20-13-21(25-14-24-20)29-18-7-6-15(23)12-16(18)22/h2-7,12-14H,8-11H2,1H3. The van der Waals surface area contributed by atoms with E-state index in [4.69, 9.17) is 21.1 Å². The number of anilines is 2. The minimum atomic E-state index is -0.418. The summed E-state index contributed by atoms with van der Waals surface area (Å²) in [5.74, 6) is 1.93. The average Bonchev–Trinajstić information content (AvgIpc) is 2.76. The number of hydrogen-bond acceptors (Lipinski definition) is 6. The van der Waals surface area contributed by atoms with E-state index >= 15 is 0 Å². The van der Waals surface area contributed by atoms with Crippen molar-refractivity contribution in [3.8, 4) is 17.4 Å². The predicted octanol–water partition coefficient (Wildman–Crippen LogP) is 4.40. The number of aromatic nitrogens is 2. The molecule has 1 aromatic heterocycles. The number of rotatable bonds is 5. The fourth-order valence-electron chi connectivity index (χ4n) is 3.30. The Bertz CT molecular complexity index is 996. The van der Waals surface area contributed by atoms with E-state index in [0.29, 0.717) is 11.6 Å². The van der Waals surface area contributed by atoms with Crippen LogP contribution in [0.4, 0.5) is 15.9 Å². The van der Waals surface area contributed by atoms with Gasteiger partial charge < -0.3 is 19.3 Å². The van der Waals surface area contributed by atoms with Gasteiger partial charge in [0.15, 0.2) is 0 Å². The van der Waals surface area contributed by atoms with Crippen molar-refractivity contribution < 1.29 is 13.9 Å². The van der Waals surface area contributed by atoms with Crippen LogP contribution >= 0.6 is 11.6 Å². The molecule has 0 aliphatic carbocycles. The van der Waals surface area contributed by atoms with E-state index in [1.54, 1.807) is 13.2 Å². The molecular formula is C21H20ClFN4O2. The Morgan fingerprint density at radius 1 is 0.931 bits per heavy atom. The van der Waals surface area contributed by atoms with E-state index in [9.17, 15) is 4.39 Å². The lowest BCUT2D eigenvalue weighted by Gasteiger charge is -2.37. The van der Waals surface area contributed by atoms with Gasteiger partial charge in [-0.15, -0.1) is 0 Å². The first-order chi connectivity index (χ1) is 14.1. The maximum atomic E-state index is 13.2. The molecule has 1 saturated heterocycles. The number of methoxy groups -OCH3 is 1. The average molecular weight is 415 g/mol. The molecule has 1 aliphatic heterocycles. The lowest BCUT2D eigenvalue weighted by atomic mass is 10.2. The van der Waals surface area contributed by atoms with Crippen molar-refractivity contribution in [3.63, 3.8) is 0 Å². The molecule has 4 rings (SSSR count). The zero-order valence-electron chi connectivity index (χ0n) is 15.9. The van der Waals surface area contributed by atoms with Gasteiger partial charge in [0.25, 0.3) is 0 Å². The Labute approximate surface area is 173 Å². The minimum absolute atomic E-state index is 0.190. The van der Waals surface area contributed by atoms with Gasteiger partial charge in [0, 0.05) is 32.2 Å². The summed E-state index contributed by atoms with van der Waals surface area (Å²) in [4.78, 5) is 13.0. The molecule has 2 aromatic carbocycles.